The van der Waals surface area contributed by atoms with Crippen LogP contribution in [0.25, 0.3) is 10.9 Å². The lowest BCUT2D eigenvalue weighted by Crippen LogP contribution is -2.28. The van der Waals surface area contributed by atoms with E-state index in [9.17, 15) is 0 Å². The molecule has 0 spiro atoms. The maximum absolute atomic E-state index is 5.89. The third-order valence-electron chi connectivity index (χ3n) is 3.35. The number of rotatable bonds is 6. The van der Waals surface area contributed by atoms with Crippen LogP contribution in [0.3, 0.4) is 0 Å². The van der Waals surface area contributed by atoms with Crippen LogP contribution in [-0.4, -0.2) is 48.6 Å². The minimum atomic E-state index is 0.748. The van der Waals surface area contributed by atoms with Gasteiger partial charge in [-0.15, -0.1) is 0 Å². The highest BCUT2D eigenvalue weighted by molar-refractivity contribution is 5.91. The largest absolute Gasteiger partial charge is 0.399 e. The van der Waals surface area contributed by atoms with E-state index in [1.54, 1.807) is 6.33 Å². The zero-order valence-electron chi connectivity index (χ0n) is 12.5. The molecule has 5 heteroatoms. The van der Waals surface area contributed by atoms with Gasteiger partial charge in [-0.25, -0.2) is 9.97 Å². The zero-order valence-corrected chi connectivity index (χ0v) is 12.5. The van der Waals surface area contributed by atoms with Gasteiger partial charge in [-0.05, 0) is 52.2 Å². The van der Waals surface area contributed by atoms with Crippen molar-refractivity contribution < 1.29 is 0 Å². The van der Waals surface area contributed by atoms with Gasteiger partial charge >= 0.3 is 0 Å². The molecule has 0 aliphatic rings. The molecule has 0 radical (unpaired) electrons. The molecule has 1 heterocycles. The van der Waals surface area contributed by atoms with Crippen molar-refractivity contribution in [2.24, 2.45) is 0 Å². The number of benzene rings is 1. The third-order valence-corrected chi connectivity index (χ3v) is 3.35. The van der Waals surface area contributed by atoms with E-state index >= 15 is 0 Å². The molecule has 20 heavy (non-hydrogen) atoms. The maximum Gasteiger partial charge on any atom is 0.139 e. The molecule has 0 amide bonds. The summed E-state index contributed by atoms with van der Waals surface area (Å²) in [5, 5.41) is 1.03. The zero-order chi connectivity index (χ0) is 14.5. The van der Waals surface area contributed by atoms with Crippen molar-refractivity contribution in [2.45, 2.75) is 13.3 Å². The summed E-state index contributed by atoms with van der Waals surface area (Å²) in [5.74, 6) is 0.976. The Balaban J connectivity index is 2.27. The van der Waals surface area contributed by atoms with E-state index in [0.29, 0.717) is 0 Å². The predicted octanol–water partition coefficient (Wildman–Crippen LogP) is 1.99. The topological polar surface area (TPSA) is 58.3 Å². The first-order chi connectivity index (χ1) is 9.61. The fraction of sp³-hybridized carbons (Fsp3) is 0.467. The average Bonchev–Trinajstić information content (AvgIpc) is 2.43. The van der Waals surface area contributed by atoms with Crippen molar-refractivity contribution in [2.75, 3.05) is 44.4 Å². The monoisotopic (exact) mass is 273 g/mol. The van der Waals surface area contributed by atoms with Crippen LogP contribution < -0.4 is 10.6 Å². The Morgan fingerprint density at radius 3 is 2.65 bits per heavy atom. The number of fused-ring (bicyclic) bond motifs is 1. The molecule has 2 aromatic rings. The van der Waals surface area contributed by atoms with Crippen LogP contribution in [-0.2, 0) is 0 Å². The quantitative estimate of drug-likeness (QED) is 0.816. The fourth-order valence-corrected chi connectivity index (χ4v) is 2.30. The molecule has 108 valence electrons. The fourth-order valence-electron chi connectivity index (χ4n) is 2.30. The number of nitrogen functional groups attached to an aromatic ring is 1. The van der Waals surface area contributed by atoms with E-state index in [1.165, 1.54) is 0 Å². The molecule has 0 aliphatic heterocycles. The second-order valence-corrected chi connectivity index (χ2v) is 5.21. The van der Waals surface area contributed by atoms with Crippen molar-refractivity contribution in [3.63, 3.8) is 0 Å². The summed E-state index contributed by atoms with van der Waals surface area (Å²) in [5.41, 5.74) is 7.58. The second kappa shape index (κ2) is 6.52. The molecule has 0 atom stereocenters. The molecule has 1 aromatic heterocycles. The predicted molar refractivity (Wildman–Crippen MR) is 85.0 cm³/mol. The number of hydrogen-bond donors (Lipinski definition) is 1. The summed E-state index contributed by atoms with van der Waals surface area (Å²) < 4.78 is 0. The van der Waals surface area contributed by atoms with Crippen molar-refractivity contribution in [1.82, 2.24) is 14.9 Å². The molecule has 0 aliphatic carbocycles. The smallest absolute Gasteiger partial charge is 0.139 e. The van der Waals surface area contributed by atoms with Gasteiger partial charge in [-0.1, -0.05) is 0 Å². The molecular weight excluding hydrogens is 250 g/mol. The number of hydrogen-bond acceptors (Lipinski definition) is 5. The van der Waals surface area contributed by atoms with Crippen molar-refractivity contribution in [1.29, 1.82) is 0 Å². The first-order valence-corrected chi connectivity index (χ1v) is 7.01. The molecule has 0 bridgehead atoms. The summed E-state index contributed by atoms with van der Waals surface area (Å²) in [4.78, 5) is 13.3. The van der Waals surface area contributed by atoms with Crippen LogP contribution in [0.1, 0.15) is 13.3 Å². The summed E-state index contributed by atoms with van der Waals surface area (Å²) in [6.45, 7) is 5.13. The van der Waals surface area contributed by atoms with Gasteiger partial charge in [0.25, 0.3) is 0 Å². The number of nitrogens with zero attached hydrogens (tertiary/aromatic N) is 4. The van der Waals surface area contributed by atoms with Crippen molar-refractivity contribution in [3.05, 3.63) is 24.5 Å². The van der Waals surface area contributed by atoms with Crippen LogP contribution in [0.15, 0.2) is 24.5 Å². The molecule has 5 nitrogen and oxygen atoms in total. The summed E-state index contributed by atoms with van der Waals surface area (Å²) >= 11 is 0. The molecule has 0 fully saturated rings. The Bertz CT molecular complexity index is 567. The van der Waals surface area contributed by atoms with E-state index < -0.39 is 0 Å². The van der Waals surface area contributed by atoms with E-state index in [-0.39, 0.29) is 0 Å². The molecule has 1 aromatic carbocycles. The SMILES string of the molecule is CCN(CCCN(C)C)c1ncnc2ccc(N)cc12. The Kier molecular flexibility index (Phi) is 4.74. The lowest BCUT2D eigenvalue weighted by Gasteiger charge is -2.24. The number of anilines is 2. The standard InChI is InChI=1S/C15H23N5/c1-4-20(9-5-8-19(2)3)15-13-10-12(16)6-7-14(13)17-11-18-15/h6-7,10-11H,4-5,8-9,16H2,1-3H3. The van der Waals surface area contributed by atoms with Gasteiger partial charge in [-0.2, -0.15) is 0 Å². The highest BCUT2D eigenvalue weighted by Gasteiger charge is 2.11. The van der Waals surface area contributed by atoms with Crippen molar-refractivity contribution in [3.8, 4) is 0 Å². The minimum absolute atomic E-state index is 0.748. The first kappa shape index (κ1) is 14.5. The van der Waals surface area contributed by atoms with Crippen LogP contribution in [0.2, 0.25) is 0 Å². The van der Waals surface area contributed by atoms with E-state index in [2.05, 4.69) is 40.8 Å². The molecule has 2 N–H and O–H groups in total. The Morgan fingerprint density at radius 1 is 1.15 bits per heavy atom. The summed E-state index contributed by atoms with van der Waals surface area (Å²) in [6, 6.07) is 5.78. The molecule has 0 unspecified atom stereocenters. The number of nitrogens with two attached hydrogens (primary N) is 1. The van der Waals surface area contributed by atoms with Crippen molar-refractivity contribution >= 4 is 22.4 Å². The molecule has 0 saturated heterocycles. The van der Waals surface area contributed by atoms with Gasteiger partial charge in [0, 0.05) is 24.2 Å². The maximum atomic E-state index is 5.89. The molecule has 0 saturated carbocycles. The van der Waals surface area contributed by atoms with Gasteiger partial charge in [-0.3, -0.25) is 0 Å². The molecular formula is C15H23N5. The van der Waals surface area contributed by atoms with Crippen LogP contribution in [0.4, 0.5) is 11.5 Å². The molecule has 2 rings (SSSR count). The first-order valence-electron chi connectivity index (χ1n) is 7.01. The third kappa shape index (κ3) is 3.36. The van der Waals surface area contributed by atoms with Crippen LogP contribution >= 0.6 is 0 Å². The normalized spacial score (nSPS) is 11.2. The minimum Gasteiger partial charge on any atom is -0.399 e. The summed E-state index contributed by atoms with van der Waals surface area (Å²) in [7, 11) is 4.19. The van der Waals surface area contributed by atoms with Gasteiger partial charge in [0.2, 0.25) is 0 Å². The lowest BCUT2D eigenvalue weighted by molar-refractivity contribution is 0.400. The number of aromatic nitrogens is 2. The second-order valence-electron chi connectivity index (χ2n) is 5.21. The lowest BCUT2D eigenvalue weighted by atomic mass is 10.2. The summed E-state index contributed by atoms with van der Waals surface area (Å²) in [6.07, 6.45) is 2.73. The van der Waals surface area contributed by atoms with E-state index in [4.69, 9.17) is 5.73 Å². The highest BCUT2D eigenvalue weighted by Crippen LogP contribution is 2.24. The van der Waals surface area contributed by atoms with Gasteiger partial charge < -0.3 is 15.5 Å². The van der Waals surface area contributed by atoms with Gasteiger partial charge in [0.15, 0.2) is 0 Å². The average molecular weight is 273 g/mol. The van der Waals surface area contributed by atoms with Crippen LogP contribution in [0, 0.1) is 0 Å². The van der Waals surface area contributed by atoms with Gasteiger partial charge in [0.1, 0.15) is 12.1 Å². The van der Waals surface area contributed by atoms with E-state index in [1.807, 2.05) is 18.2 Å². The van der Waals surface area contributed by atoms with E-state index in [0.717, 1.165) is 48.5 Å². The Labute approximate surface area is 120 Å². The Morgan fingerprint density at radius 2 is 1.95 bits per heavy atom. The Hall–Kier alpha value is -1.88. The highest BCUT2D eigenvalue weighted by atomic mass is 15.2. The van der Waals surface area contributed by atoms with Crippen LogP contribution in [0.5, 0.6) is 0 Å². The van der Waals surface area contributed by atoms with Gasteiger partial charge in [0.05, 0.1) is 5.52 Å².